The molecule has 2 aromatic rings. The Hall–Kier alpha value is -2.38. The lowest BCUT2D eigenvalue weighted by atomic mass is 9.93. The van der Waals surface area contributed by atoms with E-state index >= 15 is 0 Å². The molecule has 1 fully saturated rings. The first-order valence-electron chi connectivity index (χ1n) is 12.3. The quantitative estimate of drug-likeness (QED) is 0.330. The Morgan fingerprint density at radius 3 is 2.50 bits per heavy atom. The van der Waals surface area contributed by atoms with E-state index in [9.17, 15) is 13.2 Å². The van der Waals surface area contributed by atoms with Gasteiger partial charge in [-0.1, -0.05) is 61.9 Å². The van der Waals surface area contributed by atoms with E-state index in [-0.39, 0.29) is 18.1 Å². The molecule has 186 valence electrons. The number of unbranched alkanes of at least 4 members (excludes halogenated alkanes) is 1. The molecule has 0 bridgehead atoms. The van der Waals surface area contributed by atoms with Crippen molar-refractivity contribution in [3.05, 3.63) is 65.7 Å². The standard InChI is InChI=1S/C27H37NO5S/c1-22(20-34(30,31)21-24-10-3-2-4-11-24)27(29)33-19-25-12-5-6-13-26(25)32-18-8-7-9-23-14-16-28-17-15-23/h2-6,10-13,22-23,28H,7-9,14-21H2,1H3. The summed E-state index contributed by atoms with van der Waals surface area (Å²) in [6.45, 7) is 4.54. The van der Waals surface area contributed by atoms with Crippen molar-refractivity contribution in [3.63, 3.8) is 0 Å². The van der Waals surface area contributed by atoms with Gasteiger partial charge < -0.3 is 14.8 Å². The predicted molar refractivity (Wildman–Crippen MR) is 134 cm³/mol. The molecule has 0 radical (unpaired) electrons. The number of carbonyl (C=O) groups excluding carboxylic acids is 1. The number of hydrogen-bond acceptors (Lipinski definition) is 6. The molecular formula is C27H37NO5S. The number of carbonyl (C=O) groups is 1. The number of nitrogens with one attached hydrogen (secondary N) is 1. The summed E-state index contributed by atoms with van der Waals surface area (Å²) in [4.78, 5) is 12.5. The van der Waals surface area contributed by atoms with Crippen molar-refractivity contribution in [1.82, 2.24) is 5.32 Å². The van der Waals surface area contributed by atoms with E-state index in [2.05, 4.69) is 5.32 Å². The molecule has 1 aliphatic heterocycles. The van der Waals surface area contributed by atoms with E-state index in [1.807, 2.05) is 30.3 Å². The molecule has 0 saturated carbocycles. The summed E-state index contributed by atoms with van der Waals surface area (Å²) in [5.41, 5.74) is 1.50. The highest BCUT2D eigenvalue weighted by Gasteiger charge is 2.23. The Kier molecular flexibility index (Phi) is 10.4. The molecule has 2 aromatic carbocycles. The van der Waals surface area contributed by atoms with Crippen molar-refractivity contribution in [3.8, 4) is 5.75 Å². The second kappa shape index (κ2) is 13.5. The molecule has 1 aliphatic rings. The fraction of sp³-hybridized carbons (Fsp3) is 0.519. The van der Waals surface area contributed by atoms with Crippen LogP contribution < -0.4 is 10.1 Å². The Morgan fingerprint density at radius 1 is 1.03 bits per heavy atom. The third kappa shape index (κ3) is 9.11. The molecule has 1 saturated heterocycles. The van der Waals surface area contributed by atoms with Crippen LogP contribution in [0.3, 0.4) is 0 Å². The molecule has 1 unspecified atom stereocenters. The van der Waals surface area contributed by atoms with Crippen LogP contribution in [0, 0.1) is 11.8 Å². The number of rotatable bonds is 13. The summed E-state index contributed by atoms with van der Waals surface area (Å²) < 4.78 is 36.4. The second-order valence-electron chi connectivity index (χ2n) is 9.19. The van der Waals surface area contributed by atoms with Gasteiger partial charge in [0, 0.05) is 5.56 Å². The number of hydrogen-bond donors (Lipinski definition) is 1. The Bertz CT molecular complexity index is 987. The van der Waals surface area contributed by atoms with Crippen LogP contribution in [0.1, 0.15) is 50.2 Å². The fourth-order valence-corrected chi connectivity index (χ4v) is 5.99. The minimum atomic E-state index is -3.42. The van der Waals surface area contributed by atoms with Gasteiger partial charge in [0.25, 0.3) is 0 Å². The van der Waals surface area contributed by atoms with E-state index in [0.717, 1.165) is 37.4 Å². The van der Waals surface area contributed by atoms with Gasteiger partial charge in [-0.15, -0.1) is 0 Å². The maximum absolute atomic E-state index is 12.5. The first-order valence-corrected chi connectivity index (χ1v) is 14.1. The summed E-state index contributed by atoms with van der Waals surface area (Å²) >= 11 is 0. The molecular weight excluding hydrogens is 450 g/mol. The van der Waals surface area contributed by atoms with Crippen LogP contribution in [0.25, 0.3) is 0 Å². The minimum absolute atomic E-state index is 0.0627. The van der Waals surface area contributed by atoms with Gasteiger partial charge in [0.05, 0.1) is 24.0 Å². The van der Waals surface area contributed by atoms with Gasteiger partial charge in [-0.3, -0.25) is 4.79 Å². The molecule has 7 heteroatoms. The van der Waals surface area contributed by atoms with Crippen molar-refractivity contribution in [2.24, 2.45) is 11.8 Å². The smallest absolute Gasteiger partial charge is 0.310 e. The molecule has 0 spiro atoms. The molecule has 1 atom stereocenters. The number of esters is 1. The van der Waals surface area contributed by atoms with Gasteiger partial charge in [-0.25, -0.2) is 8.42 Å². The molecule has 6 nitrogen and oxygen atoms in total. The molecule has 0 aliphatic carbocycles. The summed E-state index contributed by atoms with van der Waals surface area (Å²) in [6.07, 6.45) is 5.92. The van der Waals surface area contributed by atoms with Crippen molar-refractivity contribution >= 4 is 15.8 Å². The SMILES string of the molecule is CC(CS(=O)(=O)Cc1ccccc1)C(=O)OCc1ccccc1OCCCCC1CCNCC1. The highest BCUT2D eigenvalue weighted by atomic mass is 32.2. The zero-order valence-electron chi connectivity index (χ0n) is 20.1. The van der Waals surface area contributed by atoms with Gasteiger partial charge in [-0.2, -0.15) is 0 Å². The van der Waals surface area contributed by atoms with Crippen molar-refractivity contribution in [1.29, 1.82) is 0 Å². The Morgan fingerprint density at radius 2 is 1.74 bits per heavy atom. The van der Waals surface area contributed by atoms with Crippen molar-refractivity contribution < 1.29 is 22.7 Å². The van der Waals surface area contributed by atoms with Gasteiger partial charge in [0.1, 0.15) is 12.4 Å². The van der Waals surface area contributed by atoms with E-state index < -0.39 is 21.7 Å². The normalized spacial score (nSPS) is 15.6. The Labute approximate surface area is 204 Å². The second-order valence-corrected chi connectivity index (χ2v) is 11.3. The number of ether oxygens (including phenoxy) is 2. The van der Waals surface area contributed by atoms with E-state index in [0.29, 0.717) is 17.9 Å². The monoisotopic (exact) mass is 487 g/mol. The minimum Gasteiger partial charge on any atom is -0.493 e. The molecule has 34 heavy (non-hydrogen) atoms. The molecule has 0 amide bonds. The van der Waals surface area contributed by atoms with Crippen LogP contribution in [0.5, 0.6) is 5.75 Å². The van der Waals surface area contributed by atoms with Crippen molar-refractivity contribution in [2.75, 3.05) is 25.4 Å². The fourth-order valence-electron chi connectivity index (χ4n) is 4.28. The number of benzene rings is 2. The third-order valence-corrected chi connectivity index (χ3v) is 7.98. The van der Waals surface area contributed by atoms with Gasteiger partial charge in [0.2, 0.25) is 0 Å². The third-order valence-electron chi connectivity index (χ3n) is 6.20. The first kappa shape index (κ1) is 26.2. The molecule has 3 rings (SSSR count). The predicted octanol–water partition coefficient (Wildman–Crippen LogP) is 4.53. The van der Waals surface area contributed by atoms with E-state index in [1.165, 1.54) is 19.3 Å². The molecule has 1 N–H and O–H groups in total. The topological polar surface area (TPSA) is 81.7 Å². The van der Waals surface area contributed by atoms with Crippen LogP contribution in [-0.2, 0) is 31.7 Å². The average Bonchev–Trinajstić information content (AvgIpc) is 2.83. The van der Waals surface area contributed by atoms with Gasteiger partial charge >= 0.3 is 5.97 Å². The highest BCUT2D eigenvalue weighted by Crippen LogP contribution is 2.22. The van der Waals surface area contributed by atoms with E-state index in [4.69, 9.17) is 9.47 Å². The van der Waals surface area contributed by atoms with Crippen LogP contribution in [0.4, 0.5) is 0 Å². The summed E-state index contributed by atoms with van der Waals surface area (Å²) in [7, 11) is -3.42. The summed E-state index contributed by atoms with van der Waals surface area (Å²) in [6, 6.07) is 16.5. The maximum Gasteiger partial charge on any atom is 0.310 e. The highest BCUT2D eigenvalue weighted by molar-refractivity contribution is 7.90. The lowest BCUT2D eigenvalue weighted by Gasteiger charge is -2.22. The van der Waals surface area contributed by atoms with Crippen LogP contribution in [-0.4, -0.2) is 39.8 Å². The largest absolute Gasteiger partial charge is 0.493 e. The average molecular weight is 488 g/mol. The lowest BCUT2D eigenvalue weighted by Crippen LogP contribution is -2.27. The van der Waals surface area contributed by atoms with Crippen LogP contribution in [0.2, 0.25) is 0 Å². The van der Waals surface area contributed by atoms with Crippen LogP contribution in [0.15, 0.2) is 54.6 Å². The first-order chi connectivity index (χ1) is 16.4. The zero-order chi connectivity index (χ0) is 24.2. The van der Waals surface area contributed by atoms with Crippen molar-refractivity contribution in [2.45, 2.75) is 51.4 Å². The molecule has 1 heterocycles. The Balaban J connectivity index is 1.41. The summed E-state index contributed by atoms with van der Waals surface area (Å²) in [5, 5.41) is 3.40. The van der Waals surface area contributed by atoms with Gasteiger partial charge in [0.15, 0.2) is 9.84 Å². The van der Waals surface area contributed by atoms with Crippen LogP contribution >= 0.6 is 0 Å². The van der Waals surface area contributed by atoms with Gasteiger partial charge in [-0.05, 0) is 56.3 Å². The number of piperidine rings is 1. The summed E-state index contributed by atoms with van der Waals surface area (Å²) in [5.74, 6) is -0.0476. The van der Waals surface area contributed by atoms with E-state index in [1.54, 1.807) is 31.2 Å². The number of sulfone groups is 1. The molecule has 0 aromatic heterocycles. The zero-order valence-corrected chi connectivity index (χ0v) is 20.9. The lowest BCUT2D eigenvalue weighted by molar-refractivity contribution is -0.148. The number of para-hydroxylation sites is 1. The maximum atomic E-state index is 12.5.